The number of carbonyl (C=O) groups is 2. The molecule has 0 N–H and O–H groups in total. The summed E-state index contributed by atoms with van der Waals surface area (Å²) in [5, 5.41) is 0. The molecule has 2 atom stereocenters. The first kappa shape index (κ1) is 19.1. The van der Waals surface area contributed by atoms with Crippen molar-refractivity contribution < 1.29 is 28.4 Å². The second-order valence-electron chi connectivity index (χ2n) is 6.12. The van der Waals surface area contributed by atoms with Crippen molar-refractivity contribution in [2.24, 2.45) is 0 Å². The van der Waals surface area contributed by atoms with Crippen LogP contribution in [0.3, 0.4) is 0 Å². The summed E-state index contributed by atoms with van der Waals surface area (Å²) in [5.74, 6) is -0.863. The summed E-state index contributed by atoms with van der Waals surface area (Å²) in [7, 11) is -0.411. The molecule has 0 bridgehead atoms. The molecule has 1 aliphatic heterocycles. The van der Waals surface area contributed by atoms with Gasteiger partial charge in [-0.1, -0.05) is 43.3 Å². The normalized spacial score (nSPS) is 18.9. The zero-order chi connectivity index (χ0) is 19.1. The molecular formula is C20H21BO6. The summed E-state index contributed by atoms with van der Waals surface area (Å²) < 4.78 is 22.2. The summed E-state index contributed by atoms with van der Waals surface area (Å²) in [6.45, 7) is 1.98. The fraction of sp³-hybridized carbons (Fsp3) is 0.300. The fourth-order valence-electron chi connectivity index (χ4n) is 2.71. The highest BCUT2D eigenvalue weighted by atomic mass is 16.7. The lowest BCUT2D eigenvalue weighted by Gasteiger charge is -2.18. The van der Waals surface area contributed by atoms with Crippen molar-refractivity contribution in [2.75, 3.05) is 13.2 Å². The highest BCUT2D eigenvalue weighted by molar-refractivity contribution is 6.45. The first-order chi connectivity index (χ1) is 13.2. The maximum atomic E-state index is 12.1. The Morgan fingerprint density at radius 2 is 1.22 bits per heavy atom. The van der Waals surface area contributed by atoms with E-state index in [2.05, 4.69) is 0 Å². The summed E-state index contributed by atoms with van der Waals surface area (Å²) in [5.41, 5.74) is 0.936. The number of carbonyl (C=O) groups excluding carboxylic acids is 2. The van der Waals surface area contributed by atoms with E-state index in [1.54, 1.807) is 48.5 Å². The van der Waals surface area contributed by atoms with Gasteiger partial charge in [-0.2, -0.15) is 0 Å². The molecule has 0 spiro atoms. The highest BCUT2D eigenvalue weighted by Crippen LogP contribution is 2.21. The topological polar surface area (TPSA) is 71.1 Å². The SMILES string of the molecule is CCB1O[C@@H](COC(=O)c2ccccc2)[C@H](COC(=O)c2ccccc2)O1. The first-order valence-corrected chi connectivity index (χ1v) is 8.92. The van der Waals surface area contributed by atoms with Crippen LogP contribution in [0.2, 0.25) is 6.32 Å². The minimum absolute atomic E-state index is 0.0256. The Morgan fingerprint density at radius 3 is 1.59 bits per heavy atom. The third-order valence-electron chi connectivity index (χ3n) is 4.18. The Balaban J connectivity index is 1.54. The van der Waals surface area contributed by atoms with Crippen LogP contribution in [0.25, 0.3) is 0 Å². The van der Waals surface area contributed by atoms with E-state index in [1.165, 1.54) is 0 Å². The Labute approximate surface area is 158 Å². The van der Waals surface area contributed by atoms with Crippen LogP contribution in [0.15, 0.2) is 60.7 Å². The summed E-state index contributed by atoms with van der Waals surface area (Å²) in [6, 6.07) is 17.5. The molecule has 140 valence electrons. The molecule has 2 aromatic rings. The van der Waals surface area contributed by atoms with Crippen LogP contribution in [-0.4, -0.2) is 44.5 Å². The van der Waals surface area contributed by atoms with Gasteiger partial charge in [-0.05, 0) is 30.6 Å². The number of ether oxygens (including phenoxy) is 2. The quantitative estimate of drug-likeness (QED) is 0.553. The van der Waals surface area contributed by atoms with E-state index >= 15 is 0 Å². The van der Waals surface area contributed by atoms with Gasteiger partial charge in [0.05, 0.1) is 11.1 Å². The largest absolute Gasteiger partial charge is 0.459 e. The summed E-state index contributed by atoms with van der Waals surface area (Å²) in [4.78, 5) is 24.2. The van der Waals surface area contributed by atoms with Crippen molar-refractivity contribution in [2.45, 2.75) is 25.5 Å². The van der Waals surface area contributed by atoms with Crippen molar-refractivity contribution in [3.63, 3.8) is 0 Å². The van der Waals surface area contributed by atoms with E-state index in [4.69, 9.17) is 18.8 Å². The van der Waals surface area contributed by atoms with Crippen LogP contribution in [-0.2, 0) is 18.8 Å². The van der Waals surface area contributed by atoms with Crippen LogP contribution in [0, 0.1) is 0 Å². The Kier molecular flexibility index (Phi) is 6.62. The van der Waals surface area contributed by atoms with Crippen molar-refractivity contribution in [3.8, 4) is 0 Å². The standard InChI is InChI=1S/C20H21BO6/c1-2-21-26-17(13-24-19(22)15-9-5-3-6-10-15)18(27-21)14-25-20(23)16-11-7-4-8-12-16/h3-12,17-18H,2,13-14H2,1H3/t17-,18-/m0/s1. The van der Waals surface area contributed by atoms with Crippen LogP contribution in [0.4, 0.5) is 0 Å². The van der Waals surface area contributed by atoms with Crippen LogP contribution in [0.5, 0.6) is 0 Å². The van der Waals surface area contributed by atoms with Gasteiger partial charge in [0.2, 0.25) is 0 Å². The minimum Gasteiger partial charge on any atom is -0.459 e. The Bertz CT molecular complexity index is 688. The minimum atomic E-state index is -0.494. The van der Waals surface area contributed by atoms with Gasteiger partial charge in [0.1, 0.15) is 25.4 Å². The van der Waals surface area contributed by atoms with Gasteiger partial charge in [-0.3, -0.25) is 0 Å². The molecule has 1 fully saturated rings. The lowest BCUT2D eigenvalue weighted by molar-refractivity contribution is 0.00330. The molecule has 0 radical (unpaired) electrons. The van der Waals surface area contributed by atoms with Gasteiger partial charge in [-0.25, -0.2) is 9.59 Å². The zero-order valence-corrected chi connectivity index (χ0v) is 15.1. The fourth-order valence-corrected chi connectivity index (χ4v) is 2.71. The first-order valence-electron chi connectivity index (χ1n) is 8.92. The number of hydrogen-bond acceptors (Lipinski definition) is 6. The monoisotopic (exact) mass is 368 g/mol. The average molecular weight is 368 g/mol. The van der Waals surface area contributed by atoms with Gasteiger partial charge < -0.3 is 18.8 Å². The van der Waals surface area contributed by atoms with E-state index in [1.807, 2.05) is 19.1 Å². The van der Waals surface area contributed by atoms with E-state index in [0.29, 0.717) is 17.4 Å². The van der Waals surface area contributed by atoms with Crippen LogP contribution < -0.4 is 0 Å². The molecule has 2 aromatic carbocycles. The molecular weight excluding hydrogens is 347 g/mol. The molecule has 0 unspecified atom stereocenters. The van der Waals surface area contributed by atoms with Crippen molar-refractivity contribution >= 4 is 19.1 Å². The number of hydrogen-bond donors (Lipinski definition) is 0. The molecule has 3 rings (SSSR count). The van der Waals surface area contributed by atoms with Gasteiger partial charge in [0, 0.05) is 0 Å². The molecule has 1 heterocycles. The van der Waals surface area contributed by atoms with Crippen LogP contribution >= 0.6 is 0 Å². The highest BCUT2D eigenvalue weighted by Gasteiger charge is 2.40. The van der Waals surface area contributed by atoms with E-state index in [-0.39, 0.29) is 13.2 Å². The average Bonchev–Trinajstić information content (AvgIpc) is 3.13. The molecule has 0 amide bonds. The van der Waals surface area contributed by atoms with Crippen molar-refractivity contribution in [1.29, 1.82) is 0 Å². The summed E-state index contributed by atoms with van der Waals surface area (Å²) in [6.07, 6.45) is -0.343. The third kappa shape index (κ3) is 5.18. The molecule has 7 heteroatoms. The molecule has 1 aliphatic rings. The molecule has 0 aromatic heterocycles. The Hall–Kier alpha value is -2.64. The number of benzene rings is 2. The molecule has 0 aliphatic carbocycles. The van der Waals surface area contributed by atoms with E-state index in [9.17, 15) is 9.59 Å². The third-order valence-corrected chi connectivity index (χ3v) is 4.18. The van der Waals surface area contributed by atoms with Crippen molar-refractivity contribution in [3.05, 3.63) is 71.8 Å². The van der Waals surface area contributed by atoms with Gasteiger partial charge in [0.15, 0.2) is 0 Å². The molecule has 27 heavy (non-hydrogen) atoms. The lowest BCUT2D eigenvalue weighted by Crippen LogP contribution is -2.33. The molecule has 6 nitrogen and oxygen atoms in total. The Morgan fingerprint density at radius 1 is 0.815 bits per heavy atom. The van der Waals surface area contributed by atoms with E-state index in [0.717, 1.165) is 0 Å². The predicted octanol–water partition coefficient (Wildman–Crippen LogP) is 2.99. The maximum absolute atomic E-state index is 12.1. The van der Waals surface area contributed by atoms with Gasteiger partial charge in [0.25, 0.3) is 0 Å². The van der Waals surface area contributed by atoms with E-state index < -0.39 is 31.3 Å². The van der Waals surface area contributed by atoms with Gasteiger partial charge >= 0.3 is 19.1 Å². The maximum Gasteiger partial charge on any atom is 0.457 e. The molecule has 1 saturated heterocycles. The van der Waals surface area contributed by atoms with Crippen LogP contribution in [0.1, 0.15) is 27.6 Å². The summed E-state index contributed by atoms with van der Waals surface area (Å²) >= 11 is 0. The second-order valence-corrected chi connectivity index (χ2v) is 6.12. The van der Waals surface area contributed by atoms with Crippen molar-refractivity contribution in [1.82, 2.24) is 0 Å². The zero-order valence-electron chi connectivity index (χ0n) is 15.1. The molecule has 0 saturated carbocycles. The lowest BCUT2D eigenvalue weighted by atomic mass is 9.87. The van der Waals surface area contributed by atoms with Gasteiger partial charge in [-0.15, -0.1) is 0 Å². The smallest absolute Gasteiger partial charge is 0.457 e. The predicted molar refractivity (Wildman–Crippen MR) is 99.4 cm³/mol. The number of rotatable bonds is 7. The number of esters is 2. The second kappa shape index (κ2) is 9.34.